The quantitative estimate of drug-likeness (QED) is 0.641. The van der Waals surface area contributed by atoms with Crippen molar-refractivity contribution < 1.29 is 26.0 Å². The Morgan fingerprint density at radius 3 is 2.48 bits per heavy atom. The first kappa shape index (κ1) is 23.4. The van der Waals surface area contributed by atoms with Crippen LogP contribution >= 0.6 is 0 Å². The molecule has 0 saturated carbocycles. The molecule has 170 valence electrons. The molecule has 0 aliphatic carbocycles. The number of piperidine rings is 1. The number of nitrogens with one attached hydrogen (secondary N) is 1. The van der Waals surface area contributed by atoms with E-state index in [2.05, 4.69) is 15.5 Å². The van der Waals surface area contributed by atoms with Crippen molar-refractivity contribution in [2.75, 3.05) is 24.7 Å². The minimum absolute atomic E-state index is 0.0597. The van der Waals surface area contributed by atoms with Gasteiger partial charge in [-0.05, 0) is 44.4 Å². The molecule has 1 N–H and O–H groups in total. The summed E-state index contributed by atoms with van der Waals surface area (Å²) in [5, 5.41) is 9.77. The maximum absolute atomic E-state index is 12.5. The van der Waals surface area contributed by atoms with E-state index < -0.39 is 31.0 Å². The van der Waals surface area contributed by atoms with Gasteiger partial charge in [0.05, 0.1) is 28.7 Å². The van der Waals surface area contributed by atoms with Crippen LogP contribution in [0.4, 0.5) is 6.01 Å². The minimum atomic E-state index is -3.35. The highest BCUT2D eigenvalue weighted by molar-refractivity contribution is 7.92. The van der Waals surface area contributed by atoms with Crippen LogP contribution in [0, 0.1) is 5.92 Å². The molecule has 31 heavy (non-hydrogen) atoms. The number of carbonyl (C=O) groups excluding carboxylic acids is 1. The van der Waals surface area contributed by atoms with Gasteiger partial charge >= 0.3 is 6.01 Å². The van der Waals surface area contributed by atoms with Gasteiger partial charge in [-0.3, -0.25) is 10.1 Å². The molecule has 3 rings (SSSR count). The molecule has 1 aliphatic rings. The highest BCUT2D eigenvalue weighted by Crippen LogP contribution is 2.21. The molecule has 0 bridgehead atoms. The number of sulfonamides is 1. The number of amides is 1. The van der Waals surface area contributed by atoms with E-state index >= 15 is 0 Å². The fourth-order valence-electron chi connectivity index (χ4n) is 3.28. The van der Waals surface area contributed by atoms with Gasteiger partial charge in [-0.25, -0.2) is 21.1 Å². The lowest BCUT2D eigenvalue weighted by Crippen LogP contribution is -2.43. The highest BCUT2D eigenvalue weighted by atomic mass is 32.2. The van der Waals surface area contributed by atoms with E-state index in [1.54, 1.807) is 38.1 Å². The lowest BCUT2D eigenvalue weighted by Gasteiger charge is -2.29. The van der Waals surface area contributed by atoms with E-state index in [4.69, 9.17) is 4.42 Å². The largest absolute Gasteiger partial charge is 0.407 e. The van der Waals surface area contributed by atoms with Crippen molar-refractivity contribution >= 4 is 31.8 Å². The van der Waals surface area contributed by atoms with Crippen LogP contribution in [0.2, 0.25) is 0 Å². The molecule has 1 aliphatic heterocycles. The molecule has 0 spiro atoms. The second kappa shape index (κ2) is 9.05. The monoisotopic (exact) mass is 470 g/mol. The summed E-state index contributed by atoms with van der Waals surface area (Å²) in [5.41, 5.74) is 0.778. The van der Waals surface area contributed by atoms with Crippen LogP contribution in [0.5, 0.6) is 0 Å². The van der Waals surface area contributed by atoms with Gasteiger partial charge in [0, 0.05) is 13.1 Å². The summed E-state index contributed by atoms with van der Waals surface area (Å²) >= 11 is 0. The second-order valence-corrected chi connectivity index (χ2v) is 12.4. The third kappa shape index (κ3) is 5.69. The van der Waals surface area contributed by atoms with E-state index in [1.165, 1.54) is 4.31 Å². The normalized spacial score (nSPS) is 18.3. The van der Waals surface area contributed by atoms with Gasteiger partial charge in [0.25, 0.3) is 0 Å². The van der Waals surface area contributed by atoms with E-state index in [1.807, 2.05) is 0 Å². The van der Waals surface area contributed by atoms with Crippen molar-refractivity contribution in [2.45, 2.75) is 43.3 Å². The van der Waals surface area contributed by atoms with Crippen molar-refractivity contribution in [3.8, 4) is 0 Å². The van der Waals surface area contributed by atoms with Crippen LogP contribution in [0.1, 0.15) is 38.1 Å². The predicted molar refractivity (Wildman–Crippen MR) is 114 cm³/mol. The van der Waals surface area contributed by atoms with Crippen LogP contribution in [0.15, 0.2) is 33.6 Å². The van der Waals surface area contributed by atoms with Crippen molar-refractivity contribution in [1.29, 1.82) is 0 Å². The summed E-state index contributed by atoms with van der Waals surface area (Å²) in [6, 6.07) is 6.38. The molecule has 1 amide bonds. The summed E-state index contributed by atoms with van der Waals surface area (Å²) in [6.45, 7) is 3.79. The fraction of sp³-hybridized carbons (Fsp3) is 0.526. The summed E-state index contributed by atoms with van der Waals surface area (Å²) in [7, 11) is -6.69. The smallest absolute Gasteiger partial charge is 0.322 e. The number of benzene rings is 1. The standard InChI is InChI=1S/C19H26N4O6S2/c1-13(2)31(27,28)16-8-6-14(7-9-16)11-17-21-22-19(29-17)20-18(24)15-5-4-10-23(12-15)30(3,25)26/h6-9,13,15H,4-5,10-12H2,1-3H3,(H,20,22,24). The van der Waals surface area contributed by atoms with Crippen molar-refractivity contribution in [3.63, 3.8) is 0 Å². The summed E-state index contributed by atoms with van der Waals surface area (Å²) in [5.74, 6) is -0.600. The molecule has 1 aromatic heterocycles. The minimum Gasteiger partial charge on any atom is -0.407 e. The number of nitrogens with zero attached hydrogens (tertiary/aromatic N) is 3. The predicted octanol–water partition coefficient (Wildman–Crippen LogP) is 1.45. The Labute approximate surface area is 182 Å². The second-order valence-electron chi connectivity index (χ2n) is 7.86. The number of sulfone groups is 1. The summed E-state index contributed by atoms with van der Waals surface area (Å²) in [6.07, 6.45) is 2.58. The fourth-order valence-corrected chi connectivity index (χ4v) is 5.26. The SMILES string of the molecule is CC(C)S(=O)(=O)c1ccc(Cc2nnc(NC(=O)C3CCCN(S(C)(=O)=O)C3)o2)cc1. The first-order valence-corrected chi connectivity index (χ1v) is 13.3. The Balaban J connectivity index is 1.61. The zero-order valence-corrected chi connectivity index (χ0v) is 19.2. The highest BCUT2D eigenvalue weighted by Gasteiger charge is 2.31. The average Bonchev–Trinajstić information content (AvgIpc) is 3.14. The first-order chi connectivity index (χ1) is 14.5. The molecular weight excluding hydrogens is 444 g/mol. The topological polar surface area (TPSA) is 140 Å². The number of anilines is 1. The molecule has 1 atom stereocenters. The average molecular weight is 471 g/mol. The van der Waals surface area contributed by atoms with E-state index in [0.29, 0.717) is 19.4 Å². The van der Waals surface area contributed by atoms with Crippen molar-refractivity contribution in [3.05, 3.63) is 35.7 Å². The first-order valence-electron chi connectivity index (χ1n) is 9.88. The Bertz CT molecular complexity index is 1140. The van der Waals surface area contributed by atoms with Gasteiger partial charge in [-0.1, -0.05) is 17.2 Å². The molecule has 10 nitrogen and oxygen atoms in total. The molecule has 1 saturated heterocycles. The van der Waals surface area contributed by atoms with Crippen molar-refractivity contribution in [2.24, 2.45) is 5.92 Å². The molecule has 2 heterocycles. The zero-order valence-electron chi connectivity index (χ0n) is 17.6. The van der Waals surface area contributed by atoms with E-state index in [0.717, 1.165) is 11.8 Å². The Hall–Kier alpha value is -2.31. The van der Waals surface area contributed by atoms with Crippen LogP contribution in [-0.4, -0.2) is 61.8 Å². The molecule has 2 aromatic rings. The molecule has 1 unspecified atom stereocenters. The molecule has 0 radical (unpaired) electrons. The van der Waals surface area contributed by atoms with Gasteiger partial charge < -0.3 is 4.42 Å². The van der Waals surface area contributed by atoms with Gasteiger partial charge in [0.1, 0.15) is 0 Å². The molecular formula is C19H26N4O6S2. The Morgan fingerprint density at radius 2 is 1.87 bits per heavy atom. The third-order valence-electron chi connectivity index (χ3n) is 5.15. The number of aromatic nitrogens is 2. The van der Waals surface area contributed by atoms with E-state index in [9.17, 15) is 21.6 Å². The van der Waals surface area contributed by atoms with Gasteiger partial charge in [0.15, 0.2) is 9.84 Å². The number of hydrogen-bond acceptors (Lipinski definition) is 8. The van der Waals surface area contributed by atoms with Crippen LogP contribution < -0.4 is 5.32 Å². The zero-order chi connectivity index (χ0) is 22.8. The van der Waals surface area contributed by atoms with Gasteiger partial charge in [0.2, 0.25) is 21.8 Å². The van der Waals surface area contributed by atoms with Crippen LogP contribution in [-0.2, 0) is 31.1 Å². The van der Waals surface area contributed by atoms with Crippen LogP contribution in [0.25, 0.3) is 0 Å². The maximum Gasteiger partial charge on any atom is 0.322 e. The summed E-state index contributed by atoms with van der Waals surface area (Å²) < 4.78 is 54.6. The molecule has 1 fully saturated rings. The van der Waals surface area contributed by atoms with E-state index in [-0.39, 0.29) is 35.7 Å². The third-order valence-corrected chi connectivity index (χ3v) is 8.59. The molecule has 1 aromatic carbocycles. The van der Waals surface area contributed by atoms with Gasteiger partial charge in [-0.2, -0.15) is 0 Å². The van der Waals surface area contributed by atoms with Crippen LogP contribution in [0.3, 0.4) is 0 Å². The van der Waals surface area contributed by atoms with Crippen molar-refractivity contribution in [1.82, 2.24) is 14.5 Å². The maximum atomic E-state index is 12.5. The lowest BCUT2D eigenvalue weighted by atomic mass is 9.99. The lowest BCUT2D eigenvalue weighted by molar-refractivity contribution is -0.121. The Kier molecular flexibility index (Phi) is 6.82. The number of hydrogen-bond donors (Lipinski definition) is 1. The Morgan fingerprint density at radius 1 is 1.19 bits per heavy atom. The van der Waals surface area contributed by atoms with Gasteiger partial charge in [-0.15, -0.1) is 5.10 Å². The number of rotatable bonds is 7. The number of carbonyl (C=O) groups is 1. The summed E-state index contributed by atoms with van der Waals surface area (Å²) in [4.78, 5) is 12.7. The molecule has 12 heteroatoms.